The molecular weight excluding hydrogens is 226 g/mol. The lowest BCUT2D eigenvalue weighted by Crippen LogP contribution is -2.25. The molecule has 0 radical (unpaired) electrons. The maximum absolute atomic E-state index is 12.3. The first-order valence-corrected chi connectivity index (χ1v) is 5.59. The third kappa shape index (κ3) is 1.81. The second-order valence-corrected chi connectivity index (χ2v) is 4.59. The number of hydrogen-bond acceptors (Lipinski definition) is 3. The first-order chi connectivity index (χ1) is 7.63. The number of ketones is 1. The Balaban J connectivity index is 2.39. The van der Waals surface area contributed by atoms with Crippen LogP contribution in [0.1, 0.15) is 23.2 Å². The van der Waals surface area contributed by atoms with Gasteiger partial charge in [-0.05, 0) is 31.0 Å². The summed E-state index contributed by atoms with van der Waals surface area (Å²) in [7, 11) is 1.54. The van der Waals surface area contributed by atoms with Crippen LogP contribution >= 0.6 is 11.6 Å². The molecule has 1 saturated carbocycles. The van der Waals surface area contributed by atoms with Crippen LogP contribution in [0, 0.1) is 5.41 Å². The largest absolute Gasteiger partial charge is 0.496 e. The summed E-state index contributed by atoms with van der Waals surface area (Å²) in [4.78, 5) is 12.3. The van der Waals surface area contributed by atoms with Crippen LogP contribution in [0.15, 0.2) is 18.2 Å². The molecule has 16 heavy (non-hydrogen) atoms. The van der Waals surface area contributed by atoms with Crippen molar-refractivity contribution < 1.29 is 9.53 Å². The van der Waals surface area contributed by atoms with Crippen molar-refractivity contribution in [3.8, 4) is 5.75 Å². The van der Waals surface area contributed by atoms with Gasteiger partial charge < -0.3 is 10.5 Å². The number of hydrogen-bond donors (Lipinski definition) is 1. The smallest absolute Gasteiger partial charge is 0.174 e. The maximum Gasteiger partial charge on any atom is 0.174 e. The highest BCUT2D eigenvalue weighted by molar-refractivity contribution is 6.31. The van der Waals surface area contributed by atoms with Gasteiger partial charge in [0.15, 0.2) is 5.78 Å². The molecule has 0 bridgehead atoms. The van der Waals surface area contributed by atoms with Crippen molar-refractivity contribution in [2.75, 3.05) is 13.7 Å². The van der Waals surface area contributed by atoms with E-state index >= 15 is 0 Å². The van der Waals surface area contributed by atoms with E-state index in [2.05, 4.69) is 0 Å². The second-order valence-electron chi connectivity index (χ2n) is 4.16. The molecule has 0 amide bonds. The zero-order valence-electron chi connectivity index (χ0n) is 9.13. The average molecular weight is 240 g/mol. The lowest BCUT2D eigenvalue weighted by atomic mass is 9.94. The standard InChI is InChI=1S/C12H14ClNO2/c1-16-10-3-2-8(13)6-9(10)11(15)12(7-14)4-5-12/h2-3,6H,4-5,7,14H2,1H3. The van der Waals surface area contributed by atoms with Gasteiger partial charge in [0.2, 0.25) is 0 Å². The fraction of sp³-hybridized carbons (Fsp3) is 0.417. The van der Waals surface area contributed by atoms with E-state index in [-0.39, 0.29) is 11.2 Å². The number of halogens is 1. The molecule has 4 heteroatoms. The van der Waals surface area contributed by atoms with Crippen LogP contribution in [-0.2, 0) is 0 Å². The van der Waals surface area contributed by atoms with Crippen molar-refractivity contribution in [2.45, 2.75) is 12.8 Å². The molecule has 0 atom stereocenters. The van der Waals surface area contributed by atoms with Crippen LogP contribution in [0.5, 0.6) is 5.75 Å². The fourth-order valence-corrected chi connectivity index (χ4v) is 1.99. The molecule has 2 N–H and O–H groups in total. The molecule has 0 heterocycles. The van der Waals surface area contributed by atoms with Crippen molar-refractivity contribution in [3.63, 3.8) is 0 Å². The van der Waals surface area contributed by atoms with Gasteiger partial charge in [-0.3, -0.25) is 4.79 Å². The minimum atomic E-state index is -0.363. The highest BCUT2D eigenvalue weighted by Gasteiger charge is 2.49. The Morgan fingerprint density at radius 1 is 1.56 bits per heavy atom. The third-order valence-corrected chi connectivity index (χ3v) is 3.37. The molecule has 0 aromatic heterocycles. The van der Waals surface area contributed by atoms with Gasteiger partial charge in [0.1, 0.15) is 5.75 Å². The first kappa shape index (κ1) is 11.4. The number of nitrogens with two attached hydrogens (primary N) is 1. The molecule has 1 aromatic rings. The van der Waals surface area contributed by atoms with Gasteiger partial charge in [0.25, 0.3) is 0 Å². The Bertz CT molecular complexity index is 427. The lowest BCUT2D eigenvalue weighted by Gasteiger charge is -2.14. The summed E-state index contributed by atoms with van der Waals surface area (Å²) in [5, 5.41) is 0.539. The summed E-state index contributed by atoms with van der Waals surface area (Å²) in [6.07, 6.45) is 1.72. The SMILES string of the molecule is COc1ccc(Cl)cc1C(=O)C1(CN)CC1. The molecule has 86 valence electrons. The van der Waals surface area contributed by atoms with Gasteiger partial charge in [0, 0.05) is 17.0 Å². The van der Waals surface area contributed by atoms with Gasteiger partial charge in [-0.25, -0.2) is 0 Å². The van der Waals surface area contributed by atoms with Crippen LogP contribution < -0.4 is 10.5 Å². The minimum Gasteiger partial charge on any atom is -0.496 e. The van der Waals surface area contributed by atoms with E-state index in [0.717, 1.165) is 12.8 Å². The predicted octanol–water partition coefficient (Wildman–Crippen LogP) is 2.27. The van der Waals surface area contributed by atoms with E-state index in [9.17, 15) is 4.79 Å². The normalized spacial score (nSPS) is 16.9. The zero-order chi connectivity index (χ0) is 11.8. The number of methoxy groups -OCH3 is 1. The summed E-state index contributed by atoms with van der Waals surface area (Å²) < 4.78 is 5.17. The van der Waals surface area contributed by atoms with E-state index in [4.69, 9.17) is 22.1 Å². The van der Waals surface area contributed by atoms with Crippen molar-refractivity contribution in [1.82, 2.24) is 0 Å². The van der Waals surface area contributed by atoms with Crippen LogP contribution in [0.2, 0.25) is 5.02 Å². The van der Waals surface area contributed by atoms with Crippen LogP contribution in [0.25, 0.3) is 0 Å². The van der Waals surface area contributed by atoms with Gasteiger partial charge in [0.05, 0.1) is 12.7 Å². The van der Waals surface area contributed by atoms with Crippen molar-refractivity contribution in [1.29, 1.82) is 0 Å². The molecule has 1 aliphatic carbocycles. The molecular formula is C12H14ClNO2. The monoisotopic (exact) mass is 239 g/mol. The molecule has 0 aliphatic heterocycles. The Hall–Kier alpha value is -1.06. The molecule has 3 nitrogen and oxygen atoms in total. The molecule has 1 aromatic carbocycles. The Morgan fingerprint density at radius 2 is 2.25 bits per heavy atom. The second kappa shape index (κ2) is 4.07. The van der Waals surface area contributed by atoms with Crippen molar-refractivity contribution in [3.05, 3.63) is 28.8 Å². The molecule has 1 aliphatic rings. The Labute approximate surface area is 99.5 Å². The van der Waals surface area contributed by atoms with Crippen LogP contribution in [-0.4, -0.2) is 19.4 Å². The lowest BCUT2D eigenvalue weighted by molar-refractivity contribution is 0.0902. The highest BCUT2D eigenvalue weighted by atomic mass is 35.5. The maximum atomic E-state index is 12.3. The van der Waals surface area contributed by atoms with E-state index in [1.54, 1.807) is 25.3 Å². The molecule has 2 rings (SSSR count). The summed E-state index contributed by atoms with van der Waals surface area (Å²) >= 11 is 5.89. The van der Waals surface area contributed by atoms with Gasteiger partial charge >= 0.3 is 0 Å². The topological polar surface area (TPSA) is 52.3 Å². The number of rotatable bonds is 4. The zero-order valence-corrected chi connectivity index (χ0v) is 9.88. The van der Waals surface area contributed by atoms with Gasteiger partial charge in [-0.2, -0.15) is 0 Å². The molecule has 0 spiro atoms. The first-order valence-electron chi connectivity index (χ1n) is 5.21. The Morgan fingerprint density at radius 3 is 2.75 bits per heavy atom. The quantitative estimate of drug-likeness (QED) is 0.820. The van der Waals surface area contributed by atoms with E-state index in [1.807, 2.05) is 0 Å². The average Bonchev–Trinajstić information content (AvgIpc) is 3.09. The number of ether oxygens (including phenoxy) is 1. The summed E-state index contributed by atoms with van der Waals surface area (Å²) in [6, 6.07) is 5.07. The van der Waals surface area contributed by atoms with Crippen molar-refractivity contribution >= 4 is 17.4 Å². The number of carbonyl (C=O) groups excluding carboxylic acids is 1. The Kier molecular flexibility index (Phi) is 2.91. The predicted molar refractivity (Wildman–Crippen MR) is 63.1 cm³/mol. The minimum absolute atomic E-state index is 0.0503. The fourth-order valence-electron chi connectivity index (χ4n) is 1.82. The van der Waals surface area contributed by atoms with E-state index in [0.29, 0.717) is 22.9 Å². The highest BCUT2D eigenvalue weighted by Crippen LogP contribution is 2.48. The van der Waals surface area contributed by atoms with Crippen LogP contribution in [0.4, 0.5) is 0 Å². The van der Waals surface area contributed by atoms with Gasteiger partial charge in [-0.15, -0.1) is 0 Å². The molecule has 0 saturated heterocycles. The summed E-state index contributed by atoms with van der Waals surface area (Å²) in [5.74, 6) is 0.614. The molecule has 0 unspecified atom stereocenters. The van der Waals surface area contributed by atoms with E-state index < -0.39 is 0 Å². The third-order valence-electron chi connectivity index (χ3n) is 3.13. The summed E-state index contributed by atoms with van der Waals surface area (Å²) in [5.41, 5.74) is 5.82. The van der Waals surface area contributed by atoms with E-state index in [1.165, 1.54) is 0 Å². The van der Waals surface area contributed by atoms with Crippen molar-refractivity contribution in [2.24, 2.45) is 11.1 Å². The van der Waals surface area contributed by atoms with Crippen LogP contribution in [0.3, 0.4) is 0 Å². The summed E-state index contributed by atoms with van der Waals surface area (Å²) in [6.45, 7) is 0.390. The number of Topliss-reactive ketones (excluding diaryl/α,β-unsaturated/α-hetero) is 1. The van der Waals surface area contributed by atoms with Gasteiger partial charge in [-0.1, -0.05) is 11.6 Å². The number of benzene rings is 1. The number of carbonyl (C=O) groups is 1. The molecule has 1 fully saturated rings.